The molecule has 0 spiro atoms. The summed E-state index contributed by atoms with van der Waals surface area (Å²) in [6.07, 6.45) is 1.60. The highest BCUT2D eigenvalue weighted by molar-refractivity contribution is 9.10. The largest absolute Gasteiger partial charge is 0.339 e. The number of pyridine rings is 1. The molecule has 0 aliphatic rings. The van der Waals surface area contributed by atoms with Gasteiger partial charge >= 0.3 is 6.03 Å². The molecule has 2 amide bonds. The van der Waals surface area contributed by atoms with E-state index in [0.717, 1.165) is 15.8 Å². The van der Waals surface area contributed by atoms with Crippen molar-refractivity contribution in [2.75, 3.05) is 16.0 Å². The minimum Gasteiger partial charge on any atom is -0.339 e. The second-order valence-electron chi connectivity index (χ2n) is 4.98. The lowest BCUT2D eigenvalue weighted by Gasteiger charge is -2.10. The third-order valence-electron chi connectivity index (χ3n) is 3.19. The van der Waals surface area contributed by atoms with Crippen molar-refractivity contribution in [3.05, 3.63) is 77.4 Å². The Labute approximate surface area is 148 Å². The van der Waals surface area contributed by atoms with E-state index in [1.54, 1.807) is 18.3 Å². The molecule has 2 aromatic carbocycles. The number of benzene rings is 2. The Hall–Kier alpha value is -2.86. The van der Waals surface area contributed by atoms with Crippen molar-refractivity contribution in [1.82, 2.24) is 4.98 Å². The van der Waals surface area contributed by atoms with Gasteiger partial charge in [0.1, 0.15) is 5.82 Å². The minimum atomic E-state index is -0.311. The maximum absolute atomic E-state index is 11.9. The summed E-state index contributed by atoms with van der Waals surface area (Å²) in [6.45, 7) is 0. The first kappa shape index (κ1) is 16.0. The number of nitrogens with one attached hydrogen (secondary N) is 3. The summed E-state index contributed by atoms with van der Waals surface area (Å²) in [6, 6.07) is 20.3. The molecule has 0 aliphatic carbocycles. The number of halogens is 1. The Balaban J connectivity index is 1.60. The number of anilines is 4. The molecule has 3 aromatic rings. The second-order valence-corrected chi connectivity index (χ2v) is 5.84. The third kappa shape index (κ3) is 4.33. The summed E-state index contributed by atoms with van der Waals surface area (Å²) in [5.74, 6) is 0.691. The molecule has 5 nitrogen and oxygen atoms in total. The van der Waals surface area contributed by atoms with Gasteiger partial charge in [0.15, 0.2) is 0 Å². The molecule has 0 radical (unpaired) electrons. The molecule has 0 atom stereocenters. The van der Waals surface area contributed by atoms with Gasteiger partial charge in [-0.2, -0.15) is 0 Å². The smallest absolute Gasteiger partial charge is 0.323 e. The van der Waals surface area contributed by atoms with Gasteiger partial charge in [0.05, 0.1) is 17.6 Å². The number of rotatable bonds is 4. The van der Waals surface area contributed by atoms with Crippen molar-refractivity contribution >= 4 is 44.8 Å². The zero-order valence-corrected chi connectivity index (χ0v) is 14.2. The lowest BCUT2D eigenvalue weighted by atomic mass is 10.3. The van der Waals surface area contributed by atoms with E-state index in [-0.39, 0.29) is 6.03 Å². The van der Waals surface area contributed by atoms with Crippen LogP contribution < -0.4 is 16.0 Å². The fourth-order valence-electron chi connectivity index (χ4n) is 2.06. The summed E-state index contributed by atoms with van der Waals surface area (Å²) < 4.78 is 0.955. The summed E-state index contributed by atoms with van der Waals surface area (Å²) in [5, 5.41) is 8.70. The molecular formula is C18H15BrN4O. The molecule has 0 aliphatic heterocycles. The molecule has 1 heterocycles. The van der Waals surface area contributed by atoms with Crippen LogP contribution in [0, 0.1) is 0 Å². The van der Waals surface area contributed by atoms with Crippen LogP contribution in [0.5, 0.6) is 0 Å². The van der Waals surface area contributed by atoms with Crippen LogP contribution in [0.1, 0.15) is 0 Å². The molecule has 1 aromatic heterocycles. The van der Waals surface area contributed by atoms with Crippen LogP contribution in [0.15, 0.2) is 77.4 Å². The summed E-state index contributed by atoms with van der Waals surface area (Å²) >= 11 is 3.48. The van der Waals surface area contributed by atoms with Crippen LogP contribution in [-0.4, -0.2) is 11.0 Å². The monoisotopic (exact) mass is 382 g/mol. The maximum Gasteiger partial charge on any atom is 0.323 e. The zero-order chi connectivity index (χ0) is 16.8. The van der Waals surface area contributed by atoms with Gasteiger partial charge in [-0.3, -0.25) is 0 Å². The quantitative estimate of drug-likeness (QED) is 0.578. The number of hydrogen-bond donors (Lipinski definition) is 3. The number of carbonyl (C=O) groups is 1. The minimum absolute atomic E-state index is 0.311. The van der Waals surface area contributed by atoms with Gasteiger partial charge in [0.25, 0.3) is 0 Å². The van der Waals surface area contributed by atoms with Gasteiger partial charge in [-0.15, -0.1) is 0 Å². The SMILES string of the molecule is O=C(Nc1ccccc1)Nc1ccc(Nc2ccccc2Br)nc1. The van der Waals surface area contributed by atoms with Crippen molar-refractivity contribution in [2.24, 2.45) is 0 Å². The first-order valence-corrected chi connectivity index (χ1v) is 8.11. The fourth-order valence-corrected chi connectivity index (χ4v) is 2.44. The number of carbonyl (C=O) groups excluding carboxylic acids is 1. The van der Waals surface area contributed by atoms with Crippen LogP contribution in [0.3, 0.4) is 0 Å². The Morgan fingerprint density at radius 2 is 1.54 bits per heavy atom. The van der Waals surface area contributed by atoms with E-state index in [9.17, 15) is 4.79 Å². The molecule has 0 saturated heterocycles. The molecule has 3 rings (SSSR count). The predicted octanol–water partition coefficient (Wildman–Crippen LogP) is 5.23. The first-order valence-electron chi connectivity index (χ1n) is 7.31. The predicted molar refractivity (Wildman–Crippen MR) is 101 cm³/mol. The first-order chi connectivity index (χ1) is 11.7. The number of amides is 2. The van der Waals surface area contributed by atoms with Crippen molar-refractivity contribution in [3.63, 3.8) is 0 Å². The van der Waals surface area contributed by atoms with Crippen LogP contribution in [0.4, 0.5) is 27.7 Å². The lowest BCUT2D eigenvalue weighted by molar-refractivity contribution is 0.262. The van der Waals surface area contributed by atoms with Crippen molar-refractivity contribution in [3.8, 4) is 0 Å². The van der Waals surface area contributed by atoms with Gasteiger partial charge < -0.3 is 16.0 Å². The van der Waals surface area contributed by atoms with Crippen molar-refractivity contribution in [2.45, 2.75) is 0 Å². The third-order valence-corrected chi connectivity index (χ3v) is 3.88. The van der Waals surface area contributed by atoms with Gasteiger partial charge in [-0.1, -0.05) is 30.3 Å². The van der Waals surface area contributed by atoms with E-state index in [1.807, 2.05) is 54.6 Å². The van der Waals surface area contributed by atoms with Gasteiger partial charge in [-0.05, 0) is 52.3 Å². The normalized spacial score (nSPS) is 10.0. The Bertz CT molecular complexity index is 822. The van der Waals surface area contributed by atoms with Crippen molar-refractivity contribution in [1.29, 1.82) is 0 Å². The molecule has 24 heavy (non-hydrogen) atoms. The van der Waals surface area contributed by atoms with Gasteiger partial charge in [0, 0.05) is 10.2 Å². The molecule has 120 valence electrons. The standard InChI is InChI=1S/C18H15BrN4O/c19-15-8-4-5-9-16(15)23-17-11-10-14(12-20-17)22-18(24)21-13-6-2-1-3-7-13/h1-12H,(H,20,23)(H2,21,22,24). The van der Waals surface area contributed by atoms with Crippen LogP contribution in [0.25, 0.3) is 0 Å². The van der Waals surface area contributed by atoms with Crippen molar-refractivity contribution < 1.29 is 4.79 Å². The molecule has 0 fully saturated rings. The highest BCUT2D eigenvalue weighted by atomic mass is 79.9. The van der Waals surface area contributed by atoms with E-state index < -0.39 is 0 Å². The highest BCUT2D eigenvalue weighted by Gasteiger charge is 2.04. The molecular weight excluding hydrogens is 368 g/mol. The Kier molecular flexibility index (Phi) is 5.08. The van der Waals surface area contributed by atoms with Crippen LogP contribution in [-0.2, 0) is 0 Å². The van der Waals surface area contributed by atoms with Gasteiger partial charge in [0.2, 0.25) is 0 Å². The van der Waals surface area contributed by atoms with E-state index in [4.69, 9.17) is 0 Å². The maximum atomic E-state index is 11.9. The Morgan fingerprint density at radius 3 is 2.25 bits per heavy atom. The number of para-hydroxylation sites is 2. The molecule has 0 unspecified atom stereocenters. The summed E-state index contributed by atoms with van der Waals surface area (Å²) in [7, 11) is 0. The average Bonchev–Trinajstić information content (AvgIpc) is 2.59. The Morgan fingerprint density at radius 1 is 0.833 bits per heavy atom. The van der Waals surface area contributed by atoms with E-state index >= 15 is 0 Å². The van der Waals surface area contributed by atoms with E-state index in [0.29, 0.717) is 11.5 Å². The number of urea groups is 1. The number of aromatic nitrogens is 1. The molecule has 3 N–H and O–H groups in total. The molecule has 6 heteroatoms. The second kappa shape index (κ2) is 7.61. The highest BCUT2D eigenvalue weighted by Crippen LogP contribution is 2.24. The number of nitrogens with zero attached hydrogens (tertiary/aromatic N) is 1. The zero-order valence-electron chi connectivity index (χ0n) is 12.7. The van der Waals surface area contributed by atoms with Gasteiger partial charge in [-0.25, -0.2) is 9.78 Å². The molecule has 0 bridgehead atoms. The average molecular weight is 383 g/mol. The van der Waals surface area contributed by atoms with Crippen LogP contribution in [0.2, 0.25) is 0 Å². The molecule has 0 saturated carbocycles. The number of hydrogen-bond acceptors (Lipinski definition) is 3. The van der Waals surface area contributed by atoms with E-state index in [2.05, 4.69) is 36.9 Å². The van der Waals surface area contributed by atoms with E-state index in [1.165, 1.54) is 0 Å². The lowest BCUT2D eigenvalue weighted by Crippen LogP contribution is -2.19. The summed E-state index contributed by atoms with van der Waals surface area (Å²) in [5.41, 5.74) is 2.27. The van der Waals surface area contributed by atoms with Crippen LogP contribution >= 0.6 is 15.9 Å². The topological polar surface area (TPSA) is 66.1 Å². The summed E-state index contributed by atoms with van der Waals surface area (Å²) in [4.78, 5) is 16.2. The fraction of sp³-hybridized carbons (Fsp3) is 0.